The van der Waals surface area contributed by atoms with Crippen LogP contribution in [0.4, 0.5) is 0 Å². The van der Waals surface area contributed by atoms with Crippen molar-refractivity contribution < 1.29 is 30.6 Å². The summed E-state index contributed by atoms with van der Waals surface area (Å²) in [7, 11) is 0. The van der Waals surface area contributed by atoms with Gasteiger partial charge in [0.05, 0.1) is 0 Å². The summed E-state index contributed by atoms with van der Waals surface area (Å²) < 4.78 is 0. The molecule has 0 atom stereocenters. The van der Waals surface area contributed by atoms with Crippen molar-refractivity contribution in [1.29, 1.82) is 0 Å². The second-order valence-electron chi connectivity index (χ2n) is 8.33. The molecule has 174 valence electrons. The minimum absolute atomic E-state index is 0.185. The zero-order valence-corrected chi connectivity index (χ0v) is 18.4. The van der Waals surface area contributed by atoms with Crippen LogP contribution in [0.1, 0.15) is 22.3 Å². The summed E-state index contributed by atoms with van der Waals surface area (Å²) in [5, 5.41) is 59.8. The Morgan fingerprint density at radius 3 is 1.06 bits per heavy atom. The fourth-order valence-electron chi connectivity index (χ4n) is 4.04. The molecular formula is C28H26O6. The third-order valence-corrected chi connectivity index (χ3v) is 5.93. The Balaban J connectivity index is 1.70. The first-order valence-electron chi connectivity index (χ1n) is 11.0. The van der Waals surface area contributed by atoms with Crippen LogP contribution in [-0.4, -0.2) is 30.6 Å². The lowest BCUT2D eigenvalue weighted by Gasteiger charge is -2.17. The first kappa shape index (κ1) is 22.9. The van der Waals surface area contributed by atoms with Crippen LogP contribution in [-0.2, 0) is 25.7 Å². The first-order chi connectivity index (χ1) is 16.3. The van der Waals surface area contributed by atoms with E-state index in [1.54, 1.807) is 24.3 Å². The van der Waals surface area contributed by atoms with Crippen molar-refractivity contribution in [3.05, 3.63) is 95.1 Å². The Morgan fingerprint density at radius 1 is 0.382 bits per heavy atom. The van der Waals surface area contributed by atoms with Gasteiger partial charge in [0.2, 0.25) is 0 Å². The molecule has 0 aromatic heterocycles. The molecule has 0 aliphatic rings. The van der Waals surface area contributed by atoms with E-state index in [-0.39, 0.29) is 34.5 Å². The van der Waals surface area contributed by atoms with E-state index in [0.717, 1.165) is 22.3 Å². The van der Waals surface area contributed by atoms with Gasteiger partial charge in [-0.2, -0.15) is 0 Å². The van der Waals surface area contributed by atoms with Gasteiger partial charge in [0.25, 0.3) is 0 Å². The van der Waals surface area contributed by atoms with Gasteiger partial charge in [0.15, 0.2) is 23.0 Å². The summed E-state index contributed by atoms with van der Waals surface area (Å²) in [6.45, 7) is 0. The minimum Gasteiger partial charge on any atom is -0.508 e. The highest BCUT2D eigenvalue weighted by Gasteiger charge is 2.17. The number of aryl methyl sites for hydroxylation is 4. The highest BCUT2D eigenvalue weighted by atomic mass is 16.3. The van der Waals surface area contributed by atoms with Gasteiger partial charge in [0, 0.05) is 0 Å². The Hall–Kier alpha value is -4.32. The topological polar surface area (TPSA) is 121 Å². The van der Waals surface area contributed by atoms with Gasteiger partial charge in [-0.25, -0.2) is 0 Å². The lowest BCUT2D eigenvalue weighted by atomic mass is 9.89. The fourth-order valence-corrected chi connectivity index (χ4v) is 4.04. The second kappa shape index (κ2) is 9.67. The predicted molar refractivity (Wildman–Crippen MR) is 130 cm³/mol. The molecule has 0 fully saturated rings. The van der Waals surface area contributed by atoms with Gasteiger partial charge >= 0.3 is 0 Å². The Labute approximate surface area is 197 Å². The summed E-state index contributed by atoms with van der Waals surface area (Å²) in [5.41, 5.74) is 4.81. The molecule has 4 aromatic carbocycles. The van der Waals surface area contributed by atoms with Crippen LogP contribution in [0.25, 0.3) is 11.1 Å². The Morgan fingerprint density at radius 2 is 0.706 bits per heavy atom. The van der Waals surface area contributed by atoms with Crippen molar-refractivity contribution in [2.75, 3.05) is 0 Å². The second-order valence-corrected chi connectivity index (χ2v) is 8.33. The summed E-state index contributed by atoms with van der Waals surface area (Å²) in [6, 6.07) is 19.7. The van der Waals surface area contributed by atoms with E-state index in [2.05, 4.69) is 0 Å². The van der Waals surface area contributed by atoms with E-state index in [9.17, 15) is 30.6 Å². The van der Waals surface area contributed by atoms with Crippen LogP contribution >= 0.6 is 0 Å². The van der Waals surface area contributed by atoms with Crippen LogP contribution in [0.5, 0.6) is 34.5 Å². The zero-order valence-electron chi connectivity index (χ0n) is 18.4. The van der Waals surface area contributed by atoms with E-state index in [1.165, 1.54) is 24.3 Å². The Bertz CT molecular complexity index is 1190. The molecule has 0 unspecified atom stereocenters. The molecule has 0 bridgehead atoms. The molecule has 0 radical (unpaired) electrons. The van der Waals surface area contributed by atoms with E-state index < -0.39 is 0 Å². The number of hydrogen-bond donors (Lipinski definition) is 6. The van der Waals surface area contributed by atoms with Gasteiger partial charge in [-0.1, -0.05) is 24.3 Å². The molecule has 4 aromatic rings. The Kier molecular flexibility index (Phi) is 6.50. The normalized spacial score (nSPS) is 10.9. The molecule has 0 spiro atoms. The molecule has 0 saturated carbocycles. The maximum absolute atomic E-state index is 10.2. The quantitative estimate of drug-likeness (QED) is 0.213. The largest absolute Gasteiger partial charge is 0.508 e. The molecule has 0 heterocycles. The number of aromatic hydroxyl groups is 6. The molecule has 34 heavy (non-hydrogen) atoms. The summed E-state index contributed by atoms with van der Waals surface area (Å²) in [6.07, 6.45) is 2.33. The van der Waals surface area contributed by atoms with Crippen LogP contribution in [0.2, 0.25) is 0 Å². The van der Waals surface area contributed by atoms with Gasteiger partial charge in [-0.15, -0.1) is 0 Å². The smallest absolute Gasteiger partial charge is 0.158 e. The minimum atomic E-state index is -0.277. The highest BCUT2D eigenvalue weighted by molar-refractivity contribution is 5.76. The number of phenols is 6. The molecule has 6 N–H and O–H groups in total. The molecule has 0 saturated heterocycles. The van der Waals surface area contributed by atoms with Crippen LogP contribution in [0.15, 0.2) is 72.8 Å². The summed E-state index contributed by atoms with van der Waals surface area (Å²) >= 11 is 0. The van der Waals surface area contributed by atoms with Crippen molar-refractivity contribution in [3.8, 4) is 45.6 Å². The first-order valence-corrected chi connectivity index (χ1v) is 11.0. The van der Waals surface area contributed by atoms with Crippen LogP contribution in [0.3, 0.4) is 0 Å². The van der Waals surface area contributed by atoms with Gasteiger partial charge in [-0.05, 0) is 108 Å². The maximum Gasteiger partial charge on any atom is 0.158 e. The maximum atomic E-state index is 10.2. The standard InChI is InChI=1S/C28H26O6/c29-21-9-3-17(4-10-21)1-7-19-13-25(31)27(33)15-23(19)24-16-28(34)26(32)14-20(24)8-2-18-5-11-22(30)12-6-18/h3-6,9-16,29-34H,1-2,7-8H2. The van der Waals surface area contributed by atoms with E-state index in [1.807, 2.05) is 24.3 Å². The third-order valence-electron chi connectivity index (χ3n) is 5.93. The molecule has 6 nitrogen and oxygen atoms in total. The lowest BCUT2D eigenvalue weighted by molar-refractivity contribution is 0.402. The lowest BCUT2D eigenvalue weighted by Crippen LogP contribution is -1.99. The average Bonchev–Trinajstić information content (AvgIpc) is 2.82. The molecule has 6 heteroatoms. The SMILES string of the molecule is Oc1ccc(CCc2cc(O)c(O)cc2-c2cc(O)c(O)cc2CCc2ccc(O)cc2)cc1. The highest BCUT2D eigenvalue weighted by Crippen LogP contribution is 2.40. The number of phenolic OH excluding ortho intramolecular Hbond substituents is 6. The van der Waals surface area contributed by atoms with Crippen molar-refractivity contribution in [1.82, 2.24) is 0 Å². The van der Waals surface area contributed by atoms with Gasteiger partial charge < -0.3 is 30.6 Å². The van der Waals surface area contributed by atoms with E-state index in [4.69, 9.17) is 0 Å². The fraction of sp³-hybridized carbons (Fsp3) is 0.143. The summed E-state index contributed by atoms with van der Waals surface area (Å²) in [4.78, 5) is 0. The monoisotopic (exact) mass is 458 g/mol. The average molecular weight is 459 g/mol. The van der Waals surface area contributed by atoms with Crippen molar-refractivity contribution in [2.24, 2.45) is 0 Å². The third kappa shape index (κ3) is 5.18. The number of hydrogen-bond acceptors (Lipinski definition) is 6. The van der Waals surface area contributed by atoms with Gasteiger partial charge in [-0.3, -0.25) is 0 Å². The summed E-state index contributed by atoms with van der Waals surface area (Å²) in [5.74, 6) is -0.661. The van der Waals surface area contributed by atoms with Crippen molar-refractivity contribution >= 4 is 0 Å². The van der Waals surface area contributed by atoms with Crippen LogP contribution < -0.4 is 0 Å². The van der Waals surface area contributed by atoms with Crippen LogP contribution in [0, 0.1) is 0 Å². The zero-order chi connectivity index (χ0) is 24.2. The van der Waals surface area contributed by atoms with Crippen molar-refractivity contribution in [2.45, 2.75) is 25.7 Å². The molecule has 0 amide bonds. The van der Waals surface area contributed by atoms with Gasteiger partial charge in [0.1, 0.15) is 11.5 Å². The van der Waals surface area contributed by atoms with E-state index in [0.29, 0.717) is 36.8 Å². The molecule has 0 aliphatic carbocycles. The molecule has 0 aliphatic heterocycles. The van der Waals surface area contributed by atoms with E-state index >= 15 is 0 Å². The molecular weight excluding hydrogens is 432 g/mol. The number of benzene rings is 4. The molecule has 4 rings (SSSR count). The van der Waals surface area contributed by atoms with Crippen molar-refractivity contribution in [3.63, 3.8) is 0 Å². The predicted octanol–water partition coefficient (Wildman–Crippen LogP) is 5.16. The number of rotatable bonds is 7.